The van der Waals surface area contributed by atoms with Gasteiger partial charge in [0.25, 0.3) is 11.8 Å². The normalized spacial score (nSPS) is 17.7. The van der Waals surface area contributed by atoms with E-state index < -0.39 is 6.10 Å². The molecule has 1 aromatic carbocycles. The predicted octanol–water partition coefficient (Wildman–Crippen LogP) is 4.39. The van der Waals surface area contributed by atoms with Gasteiger partial charge in [-0.3, -0.25) is 9.59 Å². The molecule has 3 heterocycles. The van der Waals surface area contributed by atoms with E-state index in [0.717, 1.165) is 29.8 Å². The zero-order valence-corrected chi connectivity index (χ0v) is 16.8. The topological polar surface area (TPSA) is 72.4 Å². The second-order valence-corrected chi connectivity index (χ2v) is 8.48. The summed E-state index contributed by atoms with van der Waals surface area (Å²) in [5.74, 6) is 0.295. The molecule has 6 nitrogen and oxygen atoms in total. The summed E-state index contributed by atoms with van der Waals surface area (Å²) >= 11 is 1.71. The number of hydrogen-bond donors (Lipinski definition) is 2. The number of anilines is 2. The van der Waals surface area contributed by atoms with Gasteiger partial charge in [0, 0.05) is 23.0 Å². The third-order valence-electron chi connectivity index (χ3n) is 5.39. The standard InChI is InChI=1S/C22H21N3O3S/c1-13-20(26)24-16-12-14(8-9-17(16)28-13)23-21(27)19-15-6-2-3-7-18(15)29-22(19)25-10-4-5-11-25/h4-5,8-13H,2-3,6-7H2,1H3,(H,23,27)(H,24,26)/t13-/m0/s1. The van der Waals surface area contributed by atoms with Gasteiger partial charge in [0.2, 0.25) is 0 Å². The molecule has 0 saturated heterocycles. The van der Waals surface area contributed by atoms with Crippen molar-refractivity contribution in [2.75, 3.05) is 10.6 Å². The molecule has 148 valence electrons. The lowest BCUT2D eigenvalue weighted by atomic mass is 9.95. The monoisotopic (exact) mass is 407 g/mol. The summed E-state index contributed by atoms with van der Waals surface area (Å²) in [6.07, 6.45) is 7.66. The van der Waals surface area contributed by atoms with Gasteiger partial charge in [0.05, 0.1) is 11.3 Å². The van der Waals surface area contributed by atoms with Crippen molar-refractivity contribution in [1.29, 1.82) is 0 Å². The van der Waals surface area contributed by atoms with Gasteiger partial charge in [-0.05, 0) is 68.5 Å². The van der Waals surface area contributed by atoms with Gasteiger partial charge >= 0.3 is 0 Å². The lowest BCUT2D eigenvalue weighted by Crippen LogP contribution is -2.34. The number of nitrogens with one attached hydrogen (secondary N) is 2. The highest BCUT2D eigenvalue weighted by atomic mass is 32.1. The van der Waals surface area contributed by atoms with E-state index >= 15 is 0 Å². The highest BCUT2D eigenvalue weighted by Crippen LogP contribution is 2.38. The Hall–Kier alpha value is -3.06. The Morgan fingerprint density at radius 2 is 2.03 bits per heavy atom. The number of nitrogens with zero attached hydrogens (tertiary/aromatic N) is 1. The fourth-order valence-corrected chi connectivity index (χ4v) is 5.27. The van der Waals surface area contributed by atoms with Crippen LogP contribution in [0.15, 0.2) is 42.7 Å². The van der Waals surface area contributed by atoms with Crippen LogP contribution in [0, 0.1) is 0 Å². The van der Waals surface area contributed by atoms with E-state index in [0.29, 0.717) is 17.1 Å². The van der Waals surface area contributed by atoms with Gasteiger partial charge in [-0.15, -0.1) is 11.3 Å². The second kappa shape index (κ2) is 7.08. The predicted molar refractivity (Wildman–Crippen MR) is 113 cm³/mol. The molecule has 1 aliphatic heterocycles. The molecule has 2 N–H and O–H groups in total. The molecule has 0 spiro atoms. The van der Waals surface area contributed by atoms with Gasteiger partial charge in [0.15, 0.2) is 6.10 Å². The molecular weight excluding hydrogens is 386 g/mol. The molecule has 0 fully saturated rings. The number of thiophene rings is 1. The minimum Gasteiger partial charge on any atom is -0.479 e. The van der Waals surface area contributed by atoms with Crippen molar-refractivity contribution in [2.45, 2.75) is 38.7 Å². The first-order valence-corrected chi connectivity index (χ1v) is 10.6. The summed E-state index contributed by atoms with van der Waals surface area (Å²) in [4.78, 5) is 26.5. The minimum absolute atomic E-state index is 0.121. The molecule has 7 heteroatoms. The Kier molecular flexibility index (Phi) is 4.39. The van der Waals surface area contributed by atoms with Crippen molar-refractivity contribution in [3.63, 3.8) is 0 Å². The molecule has 2 amide bonds. The smallest absolute Gasteiger partial charge is 0.265 e. The van der Waals surface area contributed by atoms with Crippen molar-refractivity contribution in [3.8, 4) is 10.8 Å². The van der Waals surface area contributed by atoms with Gasteiger partial charge in [0.1, 0.15) is 10.8 Å². The Balaban J connectivity index is 1.48. The van der Waals surface area contributed by atoms with Crippen molar-refractivity contribution >= 4 is 34.5 Å². The molecule has 1 aliphatic carbocycles. The van der Waals surface area contributed by atoms with Crippen LogP contribution in [0.3, 0.4) is 0 Å². The van der Waals surface area contributed by atoms with Crippen LogP contribution in [-0.4, -0.2) is 22.5 Å². The summed E-state index contributed by atoms with van der Waals surface area (Å²) in [6, 6.07) is 9.25. The minimum atomic E-state index is -0.524. The summed E-state index contributed by atoms with van der Waals surface area (Å²) in [6.45, 7) is 1.70. The number of carbonyl (C=O) groups is 2. The second-order valence-electron chi connectivity index (χ2n) is 7.40. The maximum absolute atomic E-state index is 13.3. The van der Waals surface area contributed by atoms with Crippen LogP contribution in [0.1, 0.15) is 40.6 Å². The van der Waals surface area contributed by atoms with E-state index in [1.165, 1.54) is 16.9 Å². The third kappa shape index (κ3) is 3.21. The van der Waals surface area contributed by atoms with Crippen molar-refractivity contribution in [1.82, 2.24) is 4.57 Å². The number of aromatic nitrogens is 1. The van der Waals surface area contributed by atoms with Crippen molar-refractivity contribution < 1.29 is 14.3 Å². The van der Waals surface area contributed by atoms with Crippen molar-refractivity contribution in [2.24, 2.45) is 0 Å². The molecule has 1 atom stereocenters. The third-order valence-corrected chi connectivity index (χ3v) is 6.69. The van der Waals surface area contributed by atoms with Gasteiger partial charge in [-0.25, -0.2) is 0 Å². The molecule has 5 rings (SSSR count). The summed E-state index contributed by atoms with van der Waals surface area (Å²) in [5, 5.41) is 6.81. The van der Waals surface area contributed by atoms with E-state index in [-0.39, 0.29) is 11.8 Å². The average molecular weight is 407 g/mol. The van der Waals surface area contributed by atoms with E-state index in [4.69, 9.17) is 4.74 Å². The first kappa shape index (κ1) is 18.0. The lowest BCUT2D eigenvalue weighted by Gasteiger charge is -2.23. The van der Waals surface area contributed by atoms with Crippen LogP contribution in [0.5, 0.6) is 5.75 Å². The van der Waals surface area contributed by atoms with Crippen LogP contribution in [0.25, 0.3) is 5.00 Å². The largest absolute Gasteiger partial charge is 0.479 e. The summed E-state index contributed by atoms with van der Waals surface area (Å²) in [7, 11) is 0. The Morgan fingerprint density at radius 3 is 2.86 bits per heavy atom. The Morgan fingerprint density at radius 1 is 1.24 bits per heavy atom. The highest BCUT2D eigenvalue weighted by molar-refractivity contribution is 7.15. The van der Waals surface area contributed by atoms with Crippen LogP contribution >= 0.6 is 11.3 Å². The molecule has 0 bridgehead atoms. The molecule has 29 heavy (non-hydrogen) atoms. The van der Waals surface area contributed by atoms with Gasteiger partial charge in [-0.1, -0.05) is 0 Å². The molecule has 0 unspecified atom stereocenters. The molecule has 0 saturated carbocycles. The molecule has 0 radical (unpaired) electrons. The first-order chi connectivity index (χ1) is 14.1. The van der Waals surface area contributed by atoms with E-state index in [9.17, 15) is 9.59 Å². The zero-order valence-electron chi connectivity index (χ0n) is 16.0. The molecular formula is C22H21N3O3S. The number of fused-ring (bicyclic) bond motifs is 2. The Labute approximate surface area is 172 Å². The highest BCUT2D eigenvalue weighted by Gasteiger charge is 2.27. The van der Waals surface area contributed by atoms with Crippen LogP contribution < -0.4 is 15.4 Å². The number of aryl methyl sites for hydroxylation is 1. The fraction of sp³-hybridized carbons (Fsp3) is 0.273. The first-order valence-electron chi connectivity index (χ1n) is 9.81. The average Bonchev–Trinajstić information content (AvgIpc) is 3.36. The van der Waals surface area contributed by atoms with Crippen LogP contribution in [0.4, 0.5) is 11.4 Å². The number of hydrogen-bond acceptors (Lipinski definition) is 4. The van der Waals surface area contributed by atoms with Crippen molar-refractivity contribution in [3.05, 3.63) is 58.7 Å². The van der Waals surface area contributed by atoms with Crippen LogP contribution in [-0.2, 0) is 17.6 Å². The van der Waals surface area contributed by atoms with E-state index in [1.54, 1.807) is 36.5 Å². The Bertz CT molecular complexity index is 1100. The maximum Gasteiger partial charge on any atom is 0.265 e. The van der Waals surface area contributed by atoms with Gasteiger partial charge in [-0.2, -0.15) is 0 Å². The number of benzene rings is 1. The molecule has 2 aliphatic rings. The van der Waals surface area contributed by atoms with E-state index in [2.05, 4.69) is 10.6 Å². The summed E-state index contributed by atoms with van der Waals surface area (Å²) < 4.78 is 7.61. The number of carbonyl (C=O) groups excluding carboxylic acids is 2. The maximum atomic E-state index is 13.3. The number of ether oxygens (including phenoxy) is 1. The zero-order chi connectivity index (χ0) is 20.0. The lowest BCUT2D eigenvalue weighted by molar-refractivity contribution is -0.122. The quantitative estimate of drug-likeness (QED) is 0.676. The van der Waals surface area contributed by atoms with Crippen LogP contribution in [0.2, 0.25) is 0 Å². The van der Waals surface area contributed by atoms with Gasteiger partial charge < -0.3 is 19.9 Å². The molecule has 2 aromatic heterocycles. The number of rotatable bonds is 3. The molecule has 3 aromatic rings. The number of amides is 2. The SMILES string of the molecule is C[C@@H]1Oc2ccc(NC(=O)c3c(-n4cccc4)sc4c3CCCC4)cc2NC1=O. The summed E-state index contributed by atoms with van der Waals surface area (Å²) in [5.41, 5.74) is 3.13. The fourth-order valence-electron chi connectivity index (χ4n) is 3.92. The van der Waals surface area contributed by atoms with E-state index in [1.807, 2.05) is 29.1 Å².